The molecule has 25 heavy (non-hydrogen) atoms. The minimum absolute atomic E-state index is 0.0240. The molecule has 2 rings (SSSR count). The SMILES string of the molecule is CCCS(=O)(=O)NC1CCN(C(=O)c2ccc(SC(C)C)cc2)CC1. The molecule has 0 radical (unpaired) electrons. The van der Waals surface area contributed by atoms with Gasteiger partial charge < -0.3 is 4.90 Å². The largest absolute Gasteiger partial charge is 0.339 e. The lowest BCUT2D eigenvalue weighted by atomic mass is 10.0. The number of hydrogen-bond acceptors (Lipinski definition) is 4. The summed E-state index contributed by atoms with van der Waals surface area (Å²) >= 11 is 1.77. The highest BCUT2D eigenvalue weighted by Gasteiger charge is 2.26. The van der Waals surface area contributed by atoms with Gasteiger partial charge in [0.25, 0.3) is 5.91 Å². The summed E-state index contributed by atoms with van der Waals surface area (Å²) < 4.78 is 26.5. The third kappa shape index (κ3) is 6.31. The van der Waals surface area contributed by atoms with E-state index in [9.17, 15) is 13.2 Å². The molecule has 5 nitrogen and oxygen atoms in total. The number of sulfonamides is 1. The second-order valence-corrected chi connectivity index (χ2v) is 10.2. The van der Waals surface area contributed by atoms with Gasteiger partial charge in [-0.2, -0.15) is 0 Å². The molecule has 1 saturated heterocycles. The van der Waals surface area contributed by atoms with Crippen molar-refractivity contribution < 1.29 is 13.2 Å². The topological polar surface area (TPSA) is 66.5 Å². The number of rotatable bonds is 7. The van der Waals surface area contributed by atoms with Crippen molar-refractivity contribution >= 4 is 27.7 Å². The molecule has 0 aromatic heterocycles. The molecule has 1 aliphatic rings. The summed E-state index contributed by atoms with van der Waals surface area (Å²) in [6, 6.07) is 7.67. The number of carbonyl (C=O) groups is 1. The van der Waals surface area contributed by atoms with E-state index >= 15 is 0 Å². The molecular formula is C18H28N2O3S2. The quantitative estimate of drug-likeness (QED) is 0.734. The van der Waals surface area contributed by atoms with Crippen molar-refractivity contribution in [1.82, 2.24) is 9.62 Å². The lowest BCUT2D eigenvalue weighted by molar-refractivity contribution is 0.0711. The standard InChI is InChI=1S/C18H28N2O3S2/c1-4-13-25(22,23)19-16-9-11-20(12-10-16)18(21)15-5-7-17(8-6-15)24-14(2)3/h5-8,14,16,19H,4,9-13H2,1-3H3. The van der Waals surface area contributed by atoms with Crippen molar-refractivity contribution in [2.24, 2.45) is 0 Å². The van der Waals surface area contributed by atoms with E-state index in [1.54, 1.807) is 11.8 Å². The maximum atomic E-state index is 12.6. The van der Waals surface area contributed by atoms with E-state index in [4.69, 9.17) is 0 Å². The average Bonchev–Trinajstić information content (AvgIpc) is 2.54. The monoisotopic (exact) mass is 384 g/mol. The van der Waals surface area contributed by atoms with Crippen LogP contribution >= 0.6 is 11.8 Å². The zero-order valence-corrected chi connectivity index (χ0v) is 16.8. The minimum atomic E-state index is -3.19. The van der Waals surface area contributed by atoms with Crippen LogP contribution in [0.1, 0.15) is 50.4 Å². The second kappa shape index (κ2) is 9.05. The van der Waals surface area contributed by atoms with Crippen molar-refractivity contribution in [2.45, 2.75) is 56.2 Å². The van der Waals surface area contributed by atoms with Crippen LogP contribution in [0, 0.1) is 0 Å². The fourth-order valence-electron chi connectivity index (χ4n) is 2.91. The number of nitrogens with one attached hydrogen (secondary N) is 1. The molecule has 0 unspecified atom stereocenters. The fraction of sp³-hybridized carbons (Fsp3) is 0.611. The van der Waals surface area contributed by atoms with Crippen LogP contribution in [0.25, 0.3) is 0 Å². The van der Waals surface area contributed by atoms with Crippen LogP contribution in [-0.2, 0) is 10.0 Å². The van der Waals surface area contributed by atoms with Gasteiger partial charge in [0.15, 0.2) is 0 Å². The van der Waals surface area contributed by atoms with Gasteiger partial charge in [-0.15, -0.1) is 11.8 Å². The van der Waals surface area contributed by atoms with Gasteiger partial charge in [0.2, 0.25) is 10.0 Å². The first-order chi connectivity index (χ1) is 11.8. The summed E-state index contributed by atoms with van der Waals surface area (Å²) in [6.45, 7) is 7.30. The number of nitrogens with zero attached hydrogens (tertiary/aromatic N) is 1. The Labute approximate surface area is 155 Å². The first kappa shape index (κ1) is 20.3. The number of hydrogen-bond donors (Lipinski definition) is 1. The Hall–Kier alpha value is -1.05. The number of carbonyl (C=O) groups excluding carboxylic acids is 1. The molecule has 0 aliphatic carbocycles. The fourth-order valence-corrected chi connectivity index (χ4v) is 5.15. The molecule has 0 atom stereocenters. The maximum absolute atomic E-state index is 12.6. The van der Waals surface area contributed by atoms with Gasteiger partial charge in [-0.25, -0.2) is 13.1 Å². The van der Waals surface area contributed by atoms with Crippen LogP contribution in [0.4, 0.5) is 0 Å². The highest BCUT2D eigenvalue weighted by atomic mass is 32.2. The first-order valence-corrected chi connectivity index (χ1v) is 11.4. The van der Waals surface area contributed by atoms with Crippen LogP contribution in [0.3, 0.4) is 0 Å². The molecule has 1 aromatic carbocycles. The number of piperidine rings is 1. The molecule has 1 N–H and O–H groups in total. The van der Waals surface area contributed by atoms with Gasteiger partial charge in [0.05, 0.1) is 5.75 Å². The van der Waals surface area contributed by atoms with E-state index in [0.717, 1.165) is 4.90 Å². The lowest BCUT2D eigenvalue weighted by Crippen LogP contribution is -2.46. The Balaban J connectivity index is 1.88. The van der Waals surface area contributed by atoms with Crippen molar-refractivity contribution in [3.8, 4) is 0 Å². The summed E-state index contributed by atoms with van der Waals surface area (Å²) in [5.41, 5.74) is 0.693. The third-order valence-electron chi connectivity index (χ3n) is 4.07. The summed E-state index contributed by atoms with van der Waals surface area (Å²) in [4.78, 5) is 15.6. The smallest absolute Gasteiger partial charge is 0.253 e. The Kier molecular flexibility index (Phi) is 7.34. The maximum Gasteiger partial charge on any atom is 0.253 e. The molecule has 140 valence electrons. The first-order valence-electron chi connectivity index (χ1n) is 8.86. The van der Waals surface area contributed by atoms with Gasteiger partial charge in [-0.3, -0.25) is 4.79 Å². The van der Waals surface area contributed by atoms with E-state index in [0.29, 0.717) is 43.2 Å². The molecule has 1 aromatic rings. The molecule has 0 saturated carbocycles. The summed E-state index contributed by atoms with van der Waals surface area (Å²) in [6.07, 6.45) is 1.93. The van der Waals surface area contributed by atoms with Gasteiger partial charge >= 0.3 is 0 Å². The van der Waals surface area contributed by atoms with Crippen molar-refractivity contribution in [3.63, 3.8) is 0 Å². The van der Waals surface area contributed by atoms with Crippen molar-refractivity contribution in [2.75, 3.05) is 18.8 Å². The predicted molar refractivity (Wildman–Crippen MR) is 104 cm³/mol. The highest BCUT2D eigenvalue weighted by Crippen LogP contribution is 2.23. The normalized spacial score (nSPS) is 16.4. The Bertz CT molecular complexity index is 664. The van der Waals surface area contributed by atoms with E-state index in [2.05, 4.69) is 18.6 Å². The third-order valence-corrected chi connectivity index (χ3v) is 6.73. The van der Waals surface area contributed by atoms with Gasteiger partial charge in [0.1, 0.15) is 0 Å². The van der Waals surface area contributed by atoms with E-state index in [1.165, 1.54) is 0 Å². The number of likely N-dealkylation sites (tertiary alicyclic amines) is 1. The molecule has 7 heteroatoms. The predicted octanol–water partition coefficient (Wildman–Crippen LogP) is 3.12. The molecule has 1 fully saturated rings. The molecule has 1 heterocycles. The average molecular weight is 385 g/mol. The van der Waals surface area contributed by atoms with E-state index in [-0.39, 0.29) is 17.7 Å². The van der Waals surface area contributed by atoms with Gasteiger partial charge in [-0.05, 0) is 43.5 Å². The summed E-state index contributed by atoms with van der Waals surface area (Å²) in [7, 11) is -3.19. The zero-order valence-electron chi connectivity index (χ0n) is 15.2. The van der Waals surface area contributed by atoms with E-state index < -0.39 is 10.0 Å². The number of thioether (sulfide) groups is 1. The Morgan fingerprint density at radius 2 is 1.84 bits per heavy atom. The highest BCUT2D eigenvalue weighted by molar-refractivity contribution is 7.99. The Morgan fingerprint density at radius 1 is 1.24 bits per heavy atom. The van der Waals surface area contributed by atoms with Gasteiger partial charge in [0, 0.05) is 34.8 Å². The Morgan fingerprint density at radius 3 is 2.36 bits per heavy atom. The molecule has 1 amide bonds. The second-order valence-electron chi connectivity index (χ2n) is 6.69. The molecule has 1 aliphatic heterocycles. The lowest BCUT2D eigenvalue weighted by Gasteiger charge is -2.32. The number of amides is 1. The summed E-state index contributed by atoms with van der Waals surface area (Å²) in [5, 5.41) is 0.511. The summed E-state index contributed by atoms with van der Waals surface area (Å²) in [5.74, 6) is 0.184. The zero-order chi connectivity index (χ0) is 18.4. The van der Waals surface area contributed by atoms with Gasteiger partial charge in [-0.1, -0.05) is 20.8 Å². The van der Waals surface area contributed by atoms with Crippen LogP contribution in [-0.4, -0.2) is 49.4 Å². The van der Waals surface area contributed by atoms with E-state index in [1.807, 2.05) is 36.1 Å². The van der Waals surface area contributed by atoms with Crippen molar-refractivity contribution in [1.29, 1.82) is 0 Å². The molecule has 0 bridgehead atoms. The molecule has 0 spiro atoms. The molecular weight excluding hydrogens is 356 g/mol. The van der Waals surface area contributed by atoms with Crippen LogP contribution < -0.4 is 4.72 Å². The van der Waals surface area contributed by atoms with Crippen molar-refractivity contribution in [3.05, 3.63) is 29.8 Å². The number of benzene rings is 1. The van der Waals surface area contributed by atoms with Crippen LogP contribution in [0.2, 0.25) is 0 Å². The van der Waals surface area contributed by atoms with Crippen LogP contribution in [0.5, 0.6) is 0 Å². The van der Waals surface area contributed by atoms with Crippen LogP contribution in [0.15, 0.2) is 29.2 Å². The minimum Gasteiger partial charge on any atom is -0.339 e.